The van der Waals surface area contributed by atoms with E-state index in [9.17, 15) is 4.79 Å². The molecule has 4 rings (SSSR count). The fourth-order valence-corrected chi connectivity index (χ4v) is 9.04. The summed E-state index contributed by atoms with van der Waals surface area (Å²) in [6.07, 6.45) is 17.6. The lowest BCUT2D eigenvalue weighted by Crippen LogP contribution is -2.55. The summed E-state index contributed by atoms with van der Waals surface area (Å²) in [6, 6.07) is 0. The summed E-state index contributed by atoms with van der Waals surface area (Å²) in [6.45, 7) is 19.4. The van der Waals surface area contributed by atoms with Gasteiger partial charge in [0.25, 0.3) is 0 Å². The second kappa shape index (κ2) is 7.59. The maximum absolute atomic E-state index is 12.7. The molecular formula is C30H48O. The standard InChI is InChI=1S/C30H48O/c1-20(2)10-9-11-21(3)22-14-18-30(8)24-12-13-25-27(4,5)26(31)16-17-28(25,6)23(24)15-19-29(22,30)7/h12,16-17,20-23,25H,9-11,13-15,18-19H2,1-8H3. The van der Waals surface area contributed by atoms with Gasteiger partial charge in [0.1, 0.15) is 0 Å². The second-order valence-corrected chi connectivity index (χ2v) is 13.5. The molecule has 0 saturated heterocycles. The summed E-state index contributed by atoms with van der Waals surface area (Å²) >= 11 is 0. The second-order valence-electron chi connectivity index (χ2n) is 13.5. The molecule has 2 fully saturated rings. The number of fused-ring (bicyclic) bond motifs is 5. The highest BCUT2D eigenvalue weighted by atomic mass is 16.1. The Kier molecular flexibility index (Phi) is 5.71. The third-order valence-electron chi connectivity index (χ3n) is 11.3. The molecule has 0 heterocycles. The van der Waals surface area contributed by atoms with Gasteiger partial charge in [-0.2, -0.15) is 0 Å². The van der Waals surface area contributed by atoms with Crippen molar-refractivity contribution in [1.29, 1.82) is 0 Å². The molecule has 0 aromatic carbocycles. The summed E-state index contributed by atoms with van der Waals surface area (Å²) in [5.41, 5.74) is 2.43. The number of ketones is 1. The molecule has 0 N–H and O–H groups in total. The van der Waals surface area contributed by atoms with Gasteiger partial charge in [0.2, 0.25) is 0 Å². The highest BCUT2D eigenvalue weighted by Crippen LogP contribution is 2.72. The van der Waals surface area contributed by atoms with E-state index in [1.54, 1.807) is 5.57 Å². The summed E-state index contributed by atoms with van der Waals surface area (Å²) in [4.78, 5) is 12.7. The fourth-order valence-electron chi connectivity index (χ4n) is 9.04. The first-order valence-electron chi connectivity index (χ1n) is 13.3. The van der Waals surface area contributed by atoms with Crippen molar-refractivity contribution >= 4 is 5.78 Å². The van der Waals surface area contributed by atoms with Crippen LogP contribution in [0.2, 0.25) is 0 Å². The Labute approximate surface area is 192 Å². The predicted octanol–water partition coefficient (Wildman–Crippen LogP) is 8.40. The largest absolute Gasteiger partial charge is 0.294 e. The van der Waals surface area contributed by atoms with E-state index < -0.39 is 0 Å². The Balaban J connectivity index is 1.62. The van der Waals surface area contributed by atoms with Gasteiger partial charge in [-0.25, -0.2) is 0 Å². The Hall–Kier alpha value is -0.850. The minimum absolute atomic E-state index is 0.132. The van der Waals surface area contributed by atoms with E-state index in [4.69, 9.17) is 0 Å². The van der Waals surface area contributed by atoms with Gasteiger partial charge in [-0.05, 0) is 84.0 Å². The predicted molar refractivity (Wildman–Crippen MR) is 132 cm³/mol. The lowest BCUT2D eigenvalue weighted by Gasteiger charge is -2.62. The highest BCUT2D eigenvalue weighted by Gasteiger charge is 2.64. The van der Waals surface area contributed by atoms with E-state index in [1.165, 1.54) is 44.9 Å². The molecular weight excluding hydrogens is 376 g/mol. The number of rotatable bonds is 5. The topological polar surface area (TPSA) is 17.1 Å². The number of hydrogen-bond donors (Lipinski definition) is 0. The van der Waals surface area contributed by atoms with Crippen LogP contribution in [0.1, 0.15) is 107 Å². The van der Waals surface area contributed by atoms with E-state index in [-0.39, 0.29) is 10.8 Å². The molecule has 0 spiro atoms. The van der Waals surface area contributed by atoms with Crippen LogP contribution in [0.15, 0.2) is 23.8 Å². The molecule has 0 aromatic rings. The lowest BCUT2D eigenvalue weighted by atomic mass is 9.42. The molecule has 7 atom stereocenters. The average Bonchev–Trinajstić information content (AvgIpc) is 2.96. The van der Waals surface area contributed by atoms with Gasteiger partial charge in [0, 0.05) is 5.41 Å². The molecule has 1 nitrogen and oxygen atoms in total. The maximum atomic E-state index is 12.7. The number of carbonyl (C=O) groups excluding carboxylic acids is 1. The van der Waals surface area contributed by atoms with E-state index in [0.717, 1.165) is 24.2 Å². The normalized spacial score (nSPS) is 44.5. The molecule has 0 aromatic heterocycles. The van der Waals surface area contributed by atoms with Crippen molar-refractivity contribution in [1.82, 2.24) is 0 Å². The summed E-state index contributed by atoms with van der Waals surface area (Å²) < 4.78 is 0. The van der Waals surface area contributed by atoms with Crippen LogP contribution >= 0.6 is 0 Å². The monoisotopic (exact) mass is 424 g/mol. The zero-order valence-corrected chi connectivity index (χ0v) is 21.7. The van der Waals surface area contributed by atoms with Crippen LogP contribution in [0.3, 0.4) is 0 Å². The highest BCUT2D eigenvalue weighted by molar-refractivity contribution is 5.95. The Morgan fingerprint density at radius 2 is 1.71 bits per heavy atom. The van der Waals surface area contributed by atoms with Crippen LogP contribution in [-0.2, 0) is 4.79 Å². The van der Waals surface area contributed by atoms with Gasteiger partial charge < -0.3 is 0 Å². The van der Waals surface area contributed by atoms with Gasteiger partial charge in [-0.1, -0.05) is 92.4 Å². The smallest absolute Gasteiger partial charge is 0.161 e. The van der Waals surface area contributed by atoms with Crippen molar-refractivity contribution in [3.8, 4) is 0 Å². The molecule has 1 heteroatoms. The van der Waals surface area contributed by atoms with Crippen LogP contribution < -0.4 is 0 Å². The van der Waals surface area contributed by atoms with Crippen LogP contribution in [0.4, 0.5) is 0 Å². The summed E-state index contributed by atoms with van der Waals surface area (Å²) in [5.74, 6) is 3.90. The van der Waals surface area contributed by atoms with E-state index in [2.05, 4.69) is 67.5 Å². The Morgan fingerprint density at radius 3 is 2.39 bits per heavy atom. The van der Waals surface area contributed by atoms with Crippen molar-refractivity contribution in [3.63, 3.8) is 0 Å². The number of carbonyl (C=O) groups is 1. The minimum Gasteiger partial charge on any atom is -0.294 e. The van der Waals surface area contributed by atoms with Gasteiger partial charge in [0.15, 0.2) is 5.78 Å². The molecule has 0 aliphatic heterocycles. The number of allylic oxidation sites excluding steroid dienone is 4. The van der Waals surface area contributed by atoms with Gasteiger partial charge in [-0.3, -0.25) is 4.79 Å². The van der Waals surface area contributed by atoms with Crippen LogP contribution in [0.5, 0.6) is 0 Å². The van der Waals surface area contributed by atoms with Crippen molar-refractivity contribution < 1.29 is 4.79 Å². The first-order chi connectivity index (χ1) is 14.4. The molecule has 31 heavy (non-hydrogen) atoms. The van der Waals surface area contributed by atoms with Crippen molar-refractivity contribution in [2.45, 2.75) is 107 Å². The quantitative estimate of drug-likeness (QED) is 0.405. The fraction of sp³-hybridized carbons (Fsp3) is 0.833. The zero-order valence-electron chi connectivity index (χ0n) is 21.7. The van der Waals surface area contributed by atoms with Crippen LogP contribution in [0, 0.1) is 51.2 Å². The maximum Gasteiger partial charge on any atom is 0.161 e. The molecule has 4 aliphatic rings. The molecule has 0 amide bonds. The van der Waals surface area contributed by atoms with Gasteiger partial charge >= 0.3 is 0 Å². The summed E-state index contributed by atoms with van der Waals surface area (Å²) in [5, 5.41) is 0. The zero-order chi connectivity index (χ0) is 22.8. The van der Waals surface area contributed by atoms with Crippen LogP contribution in [-0.4, -0.2) is 5.78 Å². The molecule has 7 unspecified atom stereocenters. The van der Waals surface area contributed by atoms with E-state index >= 15 is 0 Å². The lowest BCUT2D eigenvalue weighted by molar-refractivity contribution is -0.131. The molecule has 4 aliphatic carbocycles. The van der Waals surface area contributed by atoms with Crippen molar-refractivity contribution in [2.24, 2.45) is 51.2 Å². The third-order valence-corrected chi connectivity index (χ3v) is 11.3. The molecule has 0 bridgehead atoms. The third kappa shape index (κ3) is 3.26. The van der Waals surface area contributed by atoms with E-state index in [1.807, 2.05) is 6.08 Å². The van der Waals surface area contributed by atoms with Gasteiger partial charge in [0.05, 0.1) is 0 Å². The molecule has 0 radical (unpaired) electrons. The first kappa shape index (κ1) is 23.3. The molecule has 174 valence electrons. The Morgan fingerprint density at radius 1 is 1.00 bits per heavy atom. The number of hydrogen-bond acceptors (Lipinski definition) is 1. The van der Waals surface area contributed by atoms with Crippen molar-refractivity contribution in [2.75, 3.05) is 0 Å². The average molecular weight is 425 g/mol. The van der Waals surface area contributed by atoms with Gasteiger partial charge in [-0.15, -0.1) is 0 Å². The minimum atomic E-state index is -0.240. The molecule has 2 saturated carbocycles. The van der Waals surface area contributed by atoms with Crippen molar-refractivity contribution in [3.05, 3.63) is 23.8 Å². The van der Waals surface area contributed by atoms with Crippen LogP contribution in [0.25, 0.3) is 0 Å². The Bertz CT molecular complexity index is 784. The van der Waals surface area contributed by atoms with E-state index in [0.29, 0.717) is 28.4 Å². The first-order valence-corrected chi connectivity index (χ1v) is 13.3. The SMILES string of the molecule is CC(C)CCCC(C)C1CCC2(C)C3=CCC4C(C)(C)C(=O)C=CC4(C)C3CCC12C. The summed E-state index contributed by atoms with van der Waals surface area (Å²) in [7, 11) is 0.